The number of halogens is 6. The zero-order chi connectivity index (χ0) is 72.6. The summed E-state index contributed by atoms with van der Waals surface area (Å²) in [6.07, 6.45) is 11.2. The summed E-state index contributed by atoms with van der Waals surface area (Å²) in [5, 5.41) is 7.06. The second-order valence-electron chi connectivity index (χ2n) is 28.1. The highest BCUT2D eigenvalue weighted by molar-refractivity contribution is 6.40. The summed E-state index contributed by atoms with van der Waals surface area (Å²) in [6.45, 7) is 23.6. The van der Waals surface area contributed by atoms with Gasteiger partial charge in [0.15, 0.2) is 0 Å². The zero-order valence-electron chi connectivity index (χ0n) is 60.7. The Morgan fingerprint density at radius 2 is 0.752 bits per heavy atom. The number of nitrogens with zero attached hydrogens (tertiary/aromatic N) is 10. The number of methoxy groups -OCH3 is 4. The van der Waals surface area contributed by atoms with E-state index in [4.69, 9.17) is 71.6 Å². The fourth-order valence-electron chi connectivity index (χ4n) is 13.6. The molecule has 20 nitrogen and oxygen atoms in total. The van der Waals surface area contributed by atoms with Crippen molar-refractivity contribution in [2.45, 2.75) is 180 Å². The van der Waals surface area contributed by atoms with Crippen molar-refractivity contribution >= 4 is 79.5 Å². The average Bonchev–Trinajstić information content (AvgIpc) is 1.45. The third-order valence-electron chi connectivity index (χ3n) is 18.1. The number of piperidine rings is 4. The van der Waals surface area contributed by atoms with Gasteiger partial charge in [-0.05, 0) is 192 Å². The summed E-state index contributed by atoms with van der Waals surface area (Å²) in [5.74, 6) is 4.01. The minimum Gasteiger partial charge on any atom is -0.444 e. The molecule has 4 aliphatic heterocycles. The number of hydrogen-bond acceptors (Lipinski definition) is 14. The molecule has 2 amide bonds. The minimum atomic E-state index is -0.519. The van der Waals surface area contributed by atoms with Crippen LogP contribution in [0.3, 0.4) is 0 Å². The number of aryl methyl sites for hydroxylation is 4. The Hall–Kier alpha value is -6.64. The van der Waals surface area contributed by atoms with Gasteiger partial charge in [-0.2, -0.15) is 0 Å². The number of carbonyl (C=O) groups is 2. The average molecular weight is 1450 g/mol. The lowest BCUT2D eigenvalue weighted by atomic mass is 9.97. The Labute approximate surface area is 602 Å². The normalized spacial score (nSPS) is 18.1. The van der Waals surface area contributed by atoms with E-state index in [-0.39, 0.29) is 52.6 Å². The first-order chi connectivity index (χ1) is 48.6. The van der Waals surface area contributed by atoms with Crippen molar-refractivity contribution in [3.8, 4) is 0 Å². The molecular weight excluding hydrogens is 1340 g/mol. The van der Waals surface area contributed by atoms with E-state index in [1.165, 1.54) is 55.3 Å². The van der Waals surface area contributed by atoms with Gasteiger partial charge in [0, 0.05) is 156 Å². The number of alkyl halides is 2. The number of likely N-dealkylation sites (tertiary alicyclic amines) is 2. The molecule has 4 aliphatic rings. The molecule has 4 aromatic heterocycles. The molecule has 4 fully saturated rings. The Balaban J connectivity index is 0.000000170. The molecule has 0 aliphatic carbocycles. The standard InChI is InChI=1S/2C21H30FN3O3.2C16H22FN3O.CH2Cl2/c1-21(2,3)28-20(26)24-10-5-7-15(14-24)19-23-17-13-16(22)8-9-18(17)25(19)11-6-12-27-4;1-21(2,3)28-20(26)24-10-5-7-15(14-24)19-23-17-9-8-16(22)13-18(17)25(19)11-6-12-27-4;1-21-9-3-8-20-15-6-5-13(17)10-14(15)19-16(20)12-4-2-7-18-11-12;1-21-9-3-8-20-15-10-13(17)5-6-14(15)19-16(20)12-4-2-7-18-11-12;2-1-3/h2*8-9,13,15H,5-7,10-12,14H2,1-4H3;2*5-6,10,12,18H,2-4,7-9,11H2,1H3;1H2/t2*15-;2*12-;/m1111./s1. The van der Waals surface area contributed by atoms with Crippen molar-refractivity contribution in [2.24, 2.45) is 0 Å². The van der Waals surface area contributed by atoms with E-state index < -0.39 is 11.2 Å². The number of amides is 2. The molecule has 556 valence electrons. The molecule has 26 heteroatoms. The minimum absolute atomic E-state index is 0.0966. The van der Waals surface area contributed by atoms with E-state index >= 15 is 0 Å². The molecular formula is C75H106Cl2F4N12O8. The van der Waals surface area contributed by atoms with E-state index in [2.05, 4.69) is 28.9 Å². The van der Waals surface area contributed by atoms with E-state index in [0.717, 1.165) is 179 Å². The van der Waals surface area contributed by atoms with Crippen LogP contribution in [-0.4, -0.2) is 184 Å². The van der Waals surface area contributed by atoms with Crippen molar-refractivity contribution in [1.82, 2.24) is 58.6 Å². The lowest BCUT2D eigenvalue weighted by Crippen LogP contribution is -2.42. The molecule has 12 rings (SSSR count). The quantitative estimate of drug-likeness (QED) is 0.0416. The summed E-state index contributed by atoms with van der Waals surface area (Å²) in [4.78, 5) is 47.6. The van der Waals surface area contributed by atoms with E-state index in [1.807, 2.05) is 47.6 Å². The second-order valence-corrected chi connectivity index (χ2v) is 28.9. The van der Waals surface area contributed by atoms with Gasteiger partial charge in [0.1, 0.15) is 57.8 Å². The SMILES string of the molecule is COCCCn1c([C@@H]2CCCN(C(=O)OC(C)(C)C)C2)nc2cc(F)ccc21.COCCCn1c([C@@H]2CCCN(C(=O)OC(C)(C)C)C2)nc2ccc(F)cc21.COCCCn1c([C@@H]2CCCNC2)nc2cc(F)ccc21.COCCCn1c([C@@H]2CCCNC2)nc2ccc(F)cc21.ClCCl. The monoisotopic (exact) mass is 1450 g/mol. The molecule has 0 saturated carbocycles. The molecule has 4 atom stereocenters. The molecule has 0 bridgehead atoms. The fourth-order valence-corrected chi connectivity index (χ4v) is 13.6. The third-order valence-corrected chi connectivity index (χ3v) is 18.1. The van der Waals surface area contributed by atoms with Gasteiger partial charge in [0.2, 0.25) is 0 Å². The van der Waals surface area contributed by atoms with Crippen LogP contribution in [0.15, 0.2) is 72.8 Å². The van der Waals surface area contributed by atoms with Crippen LogP contribution in [0.4, 0.5) is 27.2 Å². The van der Waals surface area contributed by atoms with Crippen LogP contribution in [0.2, 0.25) is 0 Å². The second kappa shape index (κ2) is 39.3. The number of hydrogen-bond donors (Lipinski definition) is 2. The Kier molecular flexibility index (Phi) is 31.1. The molecule has 0 unspecified atom stereocenters. The number of fused-ring (bicyclic) bond motifs is 4. The first-order valence-corrected chi connectivity index (χ1v) is 36.7. The highest BCUT2D eigenvalue weighted by Crippen LogP contribution is 2.35. The maximum absolute atomic E-state index is 13.8. The summed E-state index contributed by atoms with van der Waals surface area (Å²) in [6, 6.07) is 19.1. The molecule has 0 radical (unpaired) electrons. The van der Waals surface area contributed by atoms with Crippen molar-refractivity contribution in [2.75, 3.05) is 113 Å². The van der Waals surface area contributed by atoms with Crippen LogP contribution in [0.5, 0.6) is 0 Å². The topological polar surface area (TPSA) is 191 Å². The number of imidazole rings is 4. The van der Waals surface area contributed by atoms with E-state index in [0.29, 0.717) is 69.9 Å². The van der Waals surface area contributed by atoms with Gasteiger partial charge >= 0.3 is 12.2 Å². The zero-order valence-corrected chi connectivity index (χ0v) is 62.3. The van der Waals surface area contributed by atoms with Crippen LogP contribution in [0.1, 0.15) is 166 Å². The van der Waals surface area contributed by atoms with Crippen molar-refractivity contribution < 1.29 is 55.6 Å². The maximum Gasteiger partial charge on any atom is 0.410 e. The first-order valence-electron chi connectivity index (χ1n) is 35.6. The summed E-state index contributed by atoms with van der Waals surface area (Å²) in [7, 11) is 6.78. The van der Waals surface area contributed by atoms with Crippen molar-refractivity contribution in [1.29, 1.82) is 0 Å². The molecule has 101 heavy (non-hydrogen) atoms. The van der Waals surface area contributed by atoms with E-state index in [1.54, 1.807) is 62.5 Å². The summed E-state index contributed by atoms with van der Waals surface area (Å²) in [5.41, 5.74) is 5.67. The molecule has 4 aromatic carbocycles. The summed E-state index contributed by atoms with van der Waals surface area (Å²) < 4.78 is 95.0. The summed E-state index contributed by atoms with van der Waals surface area (Å²) >= 11 is 9.53. The molecule has 8 heterocycles. The number of ether oxygens (including phenoxy) is 6. The molecule has 8 aromatic rings. The van der Waals surface area contributed by atoms with Crippen molar-refractivity contribution in [3.05, 3.63) is 119 Å². The number of benzene rings is 4. The van der Waals surface area contributed by atoms with E-state index in [9.17, 15) is 27.2 Å². The molecule has 4 saturated heterocycles. The van der Waals surface area contributed by atoms with Crippen LogP contribution in [0, 0.1) is 23.3 Å². The van der Waals surface area contributed by atoms with Gasteiger partial charge in [-0.1, -0.05) is 0 Å². The van der Waals surface area contributed by atoms with Crippen LogP contribution in [0.25, 0.3) is 44.1 Å². The van der Waals surface area contributed by atoms with Crippen molar-refractivity contribution in [3.63, 3.8) is 0 Å². The lowest BCUT2D eigenvalue weighted by molar-refractivity contribution is 0.0185. The Morgan fingerprint density at radius 1 is 0.446 bits per heavy atom. The highest BCUT2D eigenvalue weighted by atomic mass is 35.5. The van der Waals surface area contributed by atoms with Gasteiger partial charge in [-0.25, -0.2) is 47.1 Å². The maximum atomic E-state index is 13.8. The fraction of sp³-hybridized carbons (Fsp3) is 0.600. The smallest absolute Gasteiger partial charge is 0.410 e. The predicted molar refractivity (Wildman–Crippen MR) is 391 cm³/mol. The largest absolute Gasteiger partial charge is 0.444 e. The van der Waals surface area contributed by atoms with Gasteiger partial charge in [-0.3, -0.25) is 0 Å². The van der Waals surface area contributed by atoms with Crippen LogP contribution < -0.4 is 10.6 Å². The number of nitrogens with one attached hydrogen (secondary N) is 2. The van der Waals surface area contributed by atoms with Gasteiger partial charge < -0.3 is 67.1 Å². The molecule has 0 spiro atoms. The number of carbonyl (C=O) groups excluding carboxylic acids is 2. The number of aromatic nitrogens is 8. The number of rotatable bonds is 20. The van der Waals surface area contributed by atoms with Gasteiger partial charge in [-0.15, -0.1) is 23.2 Å². The van der Waals surface area contributed by atoms with Gasteiger partial charge in [0.25, 0.3) is 0 Å². The first kappa shape index (κ1) is 80.1. The lowest BCUT2D eigenvalue weighted by Gasteiger charge is -2.34. The predicted octanol–water partition coefficient (Wildman–Crippen LogP) is 15.4. The van der Waals surface area contributed by atoms with Crippen LogP contribution >= 0.6 is 23.2 Å². The highest BCUT2D eigenvalue weighted by Gasteiger charge is 2.34. The van der Waals surface area contributed by atoms with Gasteiger partial charge in [0.05, 0.1) is 49.5 Å². The molecule has 2 N–H and O–H groups in total. The van der Waals surface area contributed by atoms with Crippen LogP contribution in [-0.2, 0) is 54.6 Å². The third kappa shape index (κ3) is 23.2. The Morgan fingerprint density at radius 3 is 1.08 bits per heavy atom. The Bertz CT molecular complexity index is 3820.